The Labute approximate surface area is 71.6 Å². The Bertz CT molecular complexity index is 294. The fraction of sp³-hybridized carbons (Fsp3) is 0.400. The van der Waals surface area contributed by atoms with Crippen molar-refractivity contribution in [3.05, 3.63) is 30.1 Å². The van der Waals surface area contributed by atoms with Crippen molar-refractivity contribution >= 4 is 5.78 Å². The van der Waals surface area contributed by atoms with E-state index >= 15 is 0 Å². The summed E-state index contributed by atoms with van der Waals surface area (Å²) < 4.78 is 0. The van der Waals surface area contributed by atoms with Crippen LogP contribution in [0.1, 0.15) is 23.7 Å². The summed E-state index contributed by atoms with van der Waals surface area (Å²) in [5.74, 6) is 1.11. The van der Waals surface area contributed by atoms with Crippen molar-refractivity contribution in [3.8, 4) is 0 Å². The van der Waals surface area contributed by atoms with E-state index in [0.717, 1.165) is 12.0 Å². The Morgan fingerprint density at radius 2 is 2.42 bits per heavy atom. The Kier molecular flexibility index (Phi) is 1.68. The number of carbonyl (C=O) groups excluding carboxylic acids is 1. The molecule has 1 aliphatic rings. The van der Waals surface area contributed by atoms with E-state index in [1.807, 2.05) is 6.07 Å². The van der Waals surface area contributed by atoms with Gasteiger partial charge >= 0.3 is 0 Å². The number of Topliss-reactive ketones (excluding diaryl/α,β-unsaturated/α-hetero) is 1. The Morgan fingerprint density at radius 1 is 1.67 bits per heavy atom. The van der Waals surface area contributed by atoms with E-state index < -0.39 is 0 Å². The smallest absolute Gasteiger partial charge is 0.167 e. The zero-order valence-corrected chi connectivity index (χ0v) is 7.03. The molecule has 1 fully saturated rings. The van der Waals surface area contributed by atoms with Gasteiger partial charge in [-0.2, -0.15) is 0 Å². The van der Waals surface area contributed by atoms with Gasteiger partial charge in [-0.05, 0) is 24.5 Å². The summed E-state index contributed by atoms with van der Waals surface area (Å²) in [5, 5.41) is 0. The summed E-state index contributed by atoms with van der Waals surface area (Å²) in [6.07, 6.45) is 4.38. The highest BCUT2D eigenvalue weighted by atomic mass is 16.1. The first kappa shape index (κ1) is 7.47. The first-order chi connectivity index (χ1) is 5.79. The Morgan fingerprint density at radius 3 is 2.92 bits per heavy atom. The second kappa shape index (κ2) is 2.70. The van der Waals surface area contributed by atoms with Crippen LogP contribution < -0.4 is 0 Å². The lowest BCUT2D eigenvalue weighted by Crippen LogP contribution is -2.02. The minimum Gasteiger partial charge on any atom is -0.294 e. The van der Waals surface area contributed by atoms with Gasteiger partial charge in [0.25, 0.3) is 0 Å². The van der Waals surface area contributed by atoms with Crippen LogP contribution in [0.3, 0.4) is 0 Å². The number of hydrogen-bond donors (Lipinski definition) is 0. The standard InChI is InChI=1S/C10H11NO/c1-7-5-9(7)10(12)8-3-2-4-11-6-8/h2-4,6-7,9H,5H2,1H3. The van der Waals surface area contributed by atoms with Crippen LogP contribution in [0.4, 0.5) is 0 Å². The molecule has 0 aromatic carbocycles. The number of hydrogen-bond acceptors (Lipinski definition) is 2. The van der Waals surface area contributed by atoms with Crippen molar-refractivity contribution < 1.29 is 4.79 Å². The summed E-state index contributed by atoms with van der Waals surface area (Å²) >= 11 is 0. The topological polar surface area (TPSA) is 30.0 Å². The lowest BCUT2D eigenvalue weighted by molar-refractivity contribution is 0.0962. The van der Waals surface area contributed by atoms with Crippen LogP contribution in [-0.4, -0.2) is 10.8 Å². The molecule has 1 heterocycles. The molecule has 2 heteroatoms. The number of nitrogens with zero attached hydrogens (tertiary/aromatic N) is 1. The quantitative estimate of drug-likeness (QED) is 0.620. The van der Waals surface area contributed by atoms with Crippen molar-refractivity contribution in [2.45, 2.75) is 13.3 Å². The molecular formula is C10H11NO. The number of rotatable bonds is 2. The van der Waals surface area contributed by atoms with E-state index in [9.17, 15) is 4.79 Å². The number of pyridine rings is 1. The zero-order valence-electron chi connectivity index (χ0n) is 7.03. The maximum Gasteiger partial charge on any atom is 0.167 e. The van der Waals surface area contributed by atoms with Crippen LogP contribution in [0.5, 0.6) is 0 Å². The molecule has 1 aliphatic carbocycles. The molecule has 1 saturated carbocycles. The predicted octanol–water partition coefficient (Wildman–Crippen LogP) is 1.92. The lowest BCUT2D eigenvalue weighted by Gasteiger charge is -1.96. The number of carbonyl (C=O) groups is 1. The molecule has 2 atom stereocenters. The van der Waals surface area contributed by atoms with Crippen LogP contribution in [0.25, 0.3) is 0 Å². The van der Waals surface area contributed by atoms with Crippen LogP contribution in [-0.2, 0) is 0 Å². The van der Waals surface area contributed by atoms with Crippen molar-refractivity contribution in [1.82, 2.24) is 4.98 Å². The van der Waals surface area contributed by atoms with Crippen LogP contribution in [0.2, 0.25) is 0 Å². The summed E-state index contributed by atoms with van der Waals surface area (Å²) in [5.41, 5.74) is 0.756. The molecule has 2 rings (SSSR count). The highest BCUT2D eigenvalue weighted by molar-refractivity contribution is 5.99. The van der Waals surface area contributed by atoms with E-state index in [1.165, 1.54) is 0 Å². The van der Waals surface area contributed by atoms with E-state index in [2.05, 4.69) is 11.9 Å². The predicted molar refractivity (Wildman–Crippen MR) is 45.8 cm³/mol. The maximum absolute atomic E-state index is 11.6. The van der Waals surface area contributed by atoms with E-state index in [0.29, 0.717) is 5.92 Å². The monoisotopic (exact) mass is 161 g/mol. The molecule has 0 radical (unpaired) electrons. The second-order valence-corrected chi connectivity index (χ2v) is 3.43. The molecule has 0 aliphatic heterocycles. The van der Waals surface area contributed by atoms with Crippen LogP contribution in [0, 0.1) is 11.8 Å². The van der Waals surface area contributed by atoms with E-state index in [-0.39, 0.29) is 11.7 Å². The fourth-order valence-electron chi connectivity index (χ4n) is 1.41. The average molecular weight is 161 g/mol. The second-order valence-electron chi connectivity index (χ2n) is 3.43. The minimum absolute atomic E-state index is 0.260. The van der Waals surface area contributed by atoms with Gasteiger partial charge in [0, 0.05) is 23.9 Å². The van der Waals surface area contributed by atoms with E-state index in [1.54, 1.807) is 18.5 Å². The van der Waals surface area contributed by atoms with Gasteiger partial charge in [-0.1, -0.05) is 6.92 Å². The normalized spacial score (nSPS) is 26.8. The van der Waals surface area contributed by atoms with Gasteiger partial charge < -0.3 is 0 Å². The van der Waals surface area contributed by atoms with Crippen molar-refractivity contribution in [2.24, 2.45) is 11.8 Å². The fourth-order valence-corrected chi connectivity index (χ4v) is 1.41. The molecule has 2 unspecified atom stereocenters. The number of ketones is 1. The van der Waals surface area contributed by atoms with Gasteiger partial charge in [-0.15, -0.1) is 0 Å². The first-order valence-electron chi connectivity index (χ1n) is 4.23. The molecule has 0 spiro atoms. The molecule has 1 aromatic rings. The Hall–Kier alpha value is -1.18. The summed E-state index contributed by atoms with van der Waals surface area (Å²) in [6, 6.07) is 3.64. The number of aromatic nitrogens is 1. The maximum atomic E-state index is 11.6. The first-order valence-corrected chi connectivity index (χ1v) is 4.23. The molecule has 12 heavy (non-hydrogen) atoms. The molecule has 0 amide bonds. The third-order valence-corrected chi connectivity index (χ3v) is 2.39. The summed E-state index contributed by atoms with van der Waals surface area (Å²) in [4.78, 5) is 15.5. The van der Waals surface area contributed by atoms with Crippen molar-refractivity contribution in [2.75, 3.05) is 0 Å². The molecule has 0 N–H and O–H groups in total. The van der Waals surface area contributed by atoms with Crippen LogP contribution in [0.15, 0.2) is 24.5 Å². The van der Waals surface area contributed by atoms with Gasteiger partial charge in [0.2, 0.25) is 0 Å². The highest BCUT2D eigenvalue weighted by Crippen LogP contribution is 2.39. The average Bonchev–Trinajstić information content (AvgIpc) is 2.83. The van der Waals surface area contributed by atoms with E-state index in [4.69, 9.17) is 0 Å². The highest BCUT2D eigenvalue weighted by Gasteiger charge is 2.39. The Balaban J connectivity index is 2.16. The largest absolute Gasteiger partial charge is 0.294 e. The lowest BCUT2D eigenvalue weighted by atomic mass is 10.1. The molecule has 2 nitrogen and oxygen atoms in total. The SMILES string of the molecule is CC1CC1C(=O)c1cccnc1. The summed E-state index contributed by atoms with van der Waals surface area (Å²) in [6.45, 7) is 2.11. The summed E-state index contributed by atoms with van der Waals surface area (Å²) in [7, 11) is 0. The molecule has 1 aromatic heterocycles. The van der Waals surface area contributed by atoms with Gasteiger partial charge in [0.05, 0.1) is 0 Å². The molecule has 0 saturated heterocycles. The van der Waals surface area contributed by atoms with Gasteiger partial charge in [-0.25, -0.2) is 0 Å². The molecule has 0 bridgehead atoms. The van der Waals surface area contributed by atoms with Crippen molar-refractivity contribution in [3.63, 3.8) is 0 Å². The zero-order chi connectivity index (χ0) is 8.55. The minimum atomic E-state index is 0.260. The van der Waals surface area contributed by atoms with Gasteiger partial charge in [-0.3, -0.25) is 9.78 Å². The van der Waals surface area contributed by atoms with Crippen LogP contribution >= 0.6 is 0 Å². The molecule has 62 valence electrons. The van der Waals surface area contributed by atoms with Crippen molar-refractivity contribution in [1.29, 1.82) is 0 Å². The molecular weight excluding hydrogens is 150 g/mol. The third-order valence-electron chi connectivity index (χ3n) is 2.39. The van der Waals surface area contributed by atoms with Gasteiger partial charge in [0.15, 0.2) is 5.78 Å². The van der Waals surface area contributed by atoms with Gasteiger partial charge in [0.1, 0.15) is 0 Å². The third kappa shape index (κ3) is 1.24.